The highest BCUT2D eigenvalue weighted by molar-refractivity contribution is 5.94. The van der Waals surface area contributed by atoms with Crippen LogP contribution in [0.3, 0.4) is 0 Å². The van der Waals surface area contributed by atoms with Crippen LogP contribution in [0.2, 0.25) is 0 Å². The normalized spacial score (nSPS) is 16.7. The van der Waals surface area contributed by atoms with Crippen LogP contribution in [-0.4, -0.2) is 81.8 Å². The van der Waals surface area contributed by atoms with Crippen LogP contribution in [0.4, 0.5) is 0 Å². The third-order valence-electron chi connectivity index (χ3n) is 4.69. The van der Waals surface area contributed by atoms with Crippen molar-refractivity contribution in [3.05, 3.63) is 0 Å². The fourth-order valence-electron chi connectivity index (χ4n) is 2.49. The first kappa shape index (κ1) is 28.2. The minimum atomic E-state index is -1.63. The number of nitrogens with one attached hydrogen (secondary N) is 3. The van der Waals surface area contributed by atoms with Gasteiger partial charge in [-0.05, 0) is 19.3 Å². The van der Waals surface area contributed by atoms with E-state index >= 15 is 0 Å². The van der Waals surface area contributed by atoms with Gasteiger partial charge in [0.1, 0.15) is 18.1 Å². The summed E-state index contributed by atoms with van der Waals surface area (Å²) < 4.78 is 0. The van der Waals surface area contributed by atoms with E-state index in [2.05, 4.69) is 10.6 Å². The van der Waals surface area contributed by atoms with Gasteiger partial charge in [-0.3, -0.25) is 19.2 Å². The van der Waals surface area contributed by atoms with Crippen molar-refractivity contribution in [1.82, 2.24) is 16.0 Å². The minimum absolute atomic E-state index is 0.0214. The molecule has 31 heavy (non-hydrogen) atoms. The van der Waals surface area contributed by atoms with Gasteiger partial charge in [0, 0.05) is 6.42 Å². The van der Waals surface area contributed by atoms with Gasteiger partial charge in [-0.25, -0.2) is 4.79 Å². The largest absolute Gasteiger partial charge is 0.480 e. The Labute approximate surface area is 179 Å². The summed E-state index contributed by atoms with van der Waals surface area (Å²) in [5.41, 5.74) is 10.7. The van der Waals surface area contributed by atoms with Crippen molar-refractivity contribution in [2.75, 3.05) is 6.61 Å². The Morgan fingerprint density at radius 3 is 1.87 bits per heavy atom. The maximum Gasteiger partial charge on any atom is 0.328 e. The molecule has 0 aliphatic heterocycles. The van der Waals surface area contributed by atoms with Crippen molar-refractivity contribution < 1.29 is 39.3 Å². The van der Waals surface area contributed by atoms with Crippen molar-refractivity contribution in [3.8, 4) is 0 Å². The first-order chi connectivity index (χ1) is 14.3. The number of carboxylic acid groups (broad SMARTS) is 1. The fraction of sp³-hybridized carbons (Fsp3) is 0.722. The van der Waals surface area contributed by atoms with Gasteiger partial charge >= 0.3 is 5.97 Å². The van der Waals surface area contributed by atoms with E-state index in [9.17, 15) is 29.1 Å². The Balaban J connectivity index is 5.37. The molecule has 0 fully saturated rings. The summed E-state index contributed by atoms with van der Waals surface area (Å²) in [6.45, 7) is 3.75. The molecule has 0 rings (SSSR count). The summed E-state index contributed by atoms with van der Waals surface area (Å²) in [6.07, 6.45) is -1.09. The van der Waals surface area contributed by atoms with Crippen LogP contribution < -0.4 is 27.4 Å². The molecule has 6 unspecified atom stereocenters. The van der Waals surface area contributed by atoms with E-state index in [1.54, 1.807) is 13.8 Å². The predicted octanol–water partition coefficient (Wildman–Crippen LogP) is -3.46. The van der Waals surface area contributed by atoms with Gasteiger partial charge in [0.25, 0.3) is 0 Å². The van der Waals surface area contributed by atoms with Gasteiger partial charge in [-0.2, -0.15) is 0 Å². The lowest BCUT2D eigenvalue weighted by Crippen LogP contribution is -2.61. The number of aliphatic hydroxyl groups is 2. The lowest BCUT2D eigenvalue weighted by Gasteiger charge is -2.28. The monoisotopic (exact) mass is 447 g/mol. The van der Waals surface area contributed by atoms with Crippen molar-refractivity contribution in [3.63, 3.8) is 0 Å². The Kier molecular flexibility index (Phi) is 12.3. The Bertz CT molecular complexity index is 657. The minimum Gasteiger partial charge on any atom is -0.480 e. The summed E-state index contributed by atoms with van der Waals surface area (Å²) in [7, 11) is 0. The van der Waals surface area contributed by atoms with Crippen LogP contribution in [0, 0.1) is 5.92 Å². The van der Waals surface area contributed by atoms with Crippen molar-refractivity contribution in [2.24, 2.45) is 17.4 Å². The predicted molar refractivity (Wildman–Crippen MR) is 108 cm³/mol. The second kappa shape index (κ2) is 13.5. The third kappa shape index (κ3) is 9.72. The molecule has 10 N–H and O–H groups in total. The third-order valence-corrected chi connectivity index (χ3v) is 4.69. The second-order valence-electron chi connectivity index (χ2n) is 7.29. The van der Waals surface area contributed by atoms with Crippen molar-refractivity contribution >= 4 is 29.6 Å². The summed E-state index contributed by atoms with van der Waals surface area (Å²) in [4.78, 5) is 59.3. The zero-order valence-electron chi connectivity index (χ0n) is 17.8. The number of carbonyl (C=O) groups is 5. The van der Waals surface area contributed by atoms with Gasteiger partial charge < -0.3 is 42.7 Å². The molecule has 4 amide bonds. The van der Waals surface area contributed by atoms with Crippen LogP contribution in [0.15, 0.2) is 0 Å². The molecule has 13 heteroatoms. The second-order valence-corrected chi connectivity index (χ2v) is 7.29. The number of amides is 4. The first-order valence-electron chi connectivity index (χ1n) is 9.82. The summed E-state index contributed by atoms with van der Waals surface area (Å²) in [5, 5.41) is 34.6. The number of carbonyl (C=O) groups excluding carboxylic acids is 4. The number of rotatable bonds is 14. The number of nitrogens with two attached hydrogens (primary N) is 2. The highest BCUT2D eigenvalue weighted by atomic mass is 16.4. The number of aliphatic carboxylic acids is 1. The number of hydrogen-bond donors (Lipinski definition) is 8. The van der Waals surface area contributed by atoms with E-state index in [1.165, 1.54) is 6.92 Å². The zero-order chi connectivity index (χ0) is 24.3. The highest BCUT2D eigenvalue weighted by Crippen LogP contribution is 2.10. The molecule has 0 heterocycles. The average molecular weight is 447 g/mol. The maximum absolute atomic E-state index is 12.8. The van der Waals surface area contributed by atoms with E-state index in [0.717, 1.165) is 0 Å². The molecule has 0 radical (unpaired) electrons. The molecule has 0 spiro atoms. The van der Waals surface area contributed by atoms with Gasteiger partial charge in [0.15, 0.2) is 0 Å². The summed E-state index contributed by atoms with van der Waals surface area (Å²) >= 11 is 0. The Morgan fingerprint density at radius 1 is 0.935 bits per heavy atom. The van der Waals surface area contributed by atoms with Gasteiger partial charge in [-0.1, -0.05) is 20.3 Å². The van der Waals surface area contributed by atoms with E-state index in [0.29, 0.717) is 6.42 Å². The van der Waals surface area contributed by atoms with Crippen molar-refractivity contribution in [1.29, 1.82) is 0 Å². The lowest BCUT2D eigenvalue weighted by molar-refractivity contribution is -0.144. The molecule has 0 aromatic carbocycles. The highest BCUT2D eigenvalue weighted by Gasteiger charge is 2.34. The molecule has 0 aliphatic rings. The molecule has 0 aromatic heterocycles. The molecule has 6 atom stereocenters. The van der Waals surface area contributed by atoms with E-state index in [-0.39, 0.29) is 12.8 Å². The van der Waals surface area contributed by atoms with Gasteiger partial charge in [0.05, 0.1) is 18.8 Å². The topological polar surface area (TPSA) is 234 Å². The van der Waals surface area contributed by atoms with Gasteiger partial charge in [-0.15, -0.1) is 0 Å². The molecular weight excluding hydrogens is 414 g/mol. The van der Waals surface area contributed by atoms with Crippen LogP contribution in [0.25, 0.3) is 0 Å². The molecule has 13 nitrogen and oxygen atoms in total. The fourth-order valence-corrected chi connectivity index (χ4v) is 2.49. The van der Waals surface area contributed by atoms with Crippen LogP contribution in [0.1, 0.15) is 40.0 Å². The molecule has 0 saturated heterocycles. The molecule has 0 aromatic rings. The van der Waals surface area contributed by atoms with Crippen molar-refractivity contribution in [2.45, 2.75) is 70.3 Å². The molecule has 0 aliphatic carbocycles. The molecule has 178 valence electrons. The molecular formula is C18H33N5O8. The molecule has 0 saturated carbocycles. The lowest BCUT2D eigenvalue weighted by atomic mass is 9.97. The number of primary amides is 1. The van der Waals surface area contributed by atoms with Crippen LogP contribution in [-0.2, 0) is 24.0 Å². The number of hydrogen-bond acceptors (Lipinski definition) is 8. The van der Waals surface area contributed by atoms with E-state index < -0.39 is 72.4 Å². The first-order valence-corrected chi connectivity index (χ1v) is 9.82. The summed E-state index contributed by atoms with van der Waals surface area (Å²) in [5.74, 6) is -5.06. The zero-order valence-corrected chi connectivity index (χ0v) is 17.8. The van der Waals surface area contributed by atoms with E-state index in [1.807, 2.05) is 5.32 Å². The number of carboxylic acids is 1. The van der Waals surface area contributed by atoms with Crippen LogP contribution in [0.5, 0.6) is 0 Å². The number of aliphatic hydroxyl groups excluding tert-OH is 2. The Hall–Kier alpha value is -2.77. The SMILES string of the molecule is CCC(C)C(NC(=O)C(N)CCC(N)=O)C(=O)NC(C(=O)NC(CO)C(=O)O)C(C)O. The quantitative estimate of drug-likeness (QED) is 0.132. The smallest absolute Gasteiger partial charge is 0.328 e. The summed E-state index contributed by atoms with van der Waals surface area (Å²) in [6, 6.07) is -5.39. The van der Waals surface area contributed by atoms with Gasteiger partial charge in [0.2, 0.25) is 23.6 Å². The maximum atomic E-state index is 12.8. The standard InChI is InChI=1S/C18H33N5O8/c1-4-8(2)13(22-15(27)10(19)5-6-12(20)26)16(28)23-14(9(3)25)17(29)21-11(7-24)18(30)31/h8-11,13-14,24-25H,4-7,19H2,1-3H3,(H2,20,26)(H,21,29)(H,22,27)(H,23,28)(H,30,31). The van der Waals surface area contributed by atoms with Crippen LogP contribution >= 0.6 is 0 Å². The Morgan fingerprint density at radius 2 is 1.45 bits per heavy atom. The molecule has 0 bridgehead atoms. The average Bonchev–Trinajstić information content (AvgIpc) is 2.70. The van der Waals surface area contributed by atoms with E-state index in [4.69, 9.17) is 21.7 Å².